The van der Waals surface area contributed by atoms with Crippen LogP contribution in [0.1, 0.15) is 19.3 Å². The largest absolute Gasteiger partial charge is 0.478 e. The fourth-order valence-corrected chi connectivity index (χ4v) is 1.78. The lowest BCUT2D eigenvalue weighted by Gasteiger charge is -2.22. The Bertz CT molecular complexity index is 304. The third-order valence-corrected chi connectivity index (χ3v) is 2.68. The first-order valence-corrected chi connectivity index (χ1v) is 5.37. The molecule has 5 nitrogen and oxygen atoms in total. The maximum Gasteiger partial charge on any atom is 0.339 e. The van der Waals surface area contributed by atoms with Crippen LogP contribution in [0.15, 0.2) is 16.3 Å². The Balaban J connectivity index is 2.67. The van der Waals surface area contributed by atoms with Crippen LogP contribution >= 0.6 is 0 Å². The Morgan fingerprint density at radius 3 is 2.69 bits per heavy atom. The normalized spacial score (nSPS) is 19.8. The van der Waals surface area contributed by atoms with E-state index in [1.807, 2.05) is 0 Å². The molecule has 1 saturated heterocycles. The summed E-state index contributed by atoms with van der Waals surface area (Å²) in [4.78, 5) is 14.6. The average molecular weight is 226 g/mol. The molecule has 0 atom stereocenters. The van der Waals surface area contributed by atoms with Crippen LogP contribution in [0.4, 0.5) is 0 Å². The van der Waals surface area contributed by atoms with E-state index in [0.29, 0.717) is 18.0 Å². The van der Waals surface area contributed by atoms with Crippen molar-refractivity contribution in [2.24, 2.45) is 16.6 Å². The highest BCUT2D eigenvalue weighted by Gasteiger charge is 2.17. The number of carboxylic acid groups (broad SMARTS) is 1. The lowest BCUT2D eigenvalue weighted by molar-refractivity contribution is -0.132. The van der Waals surface area contributed by atoms with Gasteiger partial charge in [-0.1, -0.05) is 0 Å². The van der Waals surface area contributed by atoms with E-state index in [9.17, 15) is 4.79 Å². The van der Waals surface area contributed by atoms with Crippen LogP contribution in [0.5, 0.6) is 0 Å². The molecule has 5 heteroatoms. The molecule has 0 unspecified atom stereocenters. The van der Waals surface area contributed by atoms with Crippen LogP contribution < -0.4 is 5.73 Å². The highest BCUT2D eigenvalue weighted by molar-refractivity contribution is 6.09. The number of carboxylic acids is 1. The van der Waals surface area contributed by atoms with E-state index in [1.54, 1.807) is 0 Å². The summed E-state index contributed by atoms with van der Waals surface area (Å²) in [6, 6.07) is 0. The molecule has 0 aromatic carbocycles. The van der Waals surface area contributed by atoms with Crippen molar-refractivity contribution in [1.29, 1.82) is 0 Å². The summed E-state index contributed by atoms with van der Waals surface area (Å²) < 4.78 is 5.24. The quantitative estimate of drug-likeness (QED) is 0.548. The third kappa shape index (κ3) is 3.66. The van der Waals surface area contributed by atoms with Crippen molar-refractivity contribution in [3.05, 3.63) is 11.3 Å². The highest BCUT2D eigenvalue weighted by atomic mass is 16.5. The number of aliphatic carboxylic acids is 1. The van der Waals surface area contributed by atoms with Gasteiger partial charge in [0.25, 0.3) is 0 Å². The van der Waals surface area contributed by atoms with Gasteiger partial charge in [-0.15, -0.1) is 0 Å². The van der Waals surface area contributed by atoms with Crippen molar-refractivity contribution in [3.8, 4) is 0 Å². The van der Waals surface area contributed by atoms with Gasteiger partial charge in [0.15, 0.2) is 0 Å². The molecule has 0 bridgehead atoms. The summed E-state index contributed by atoms with van der Waals surface area (Å²) in [5, 5.41) is 8.95. The van der Waals surface area contributed by atoms with Crippen LogP contribution in [-0.2, 0) is 9.53 Å². The molecule has 0 radical (unpaired) electrons. The predicted octanol–water partition coefficient (Wildman–Crippen LogP) is 0.801. The second-order valence-electron chi connectivity index (χ2n) is 3.89. The Hall–Kier alpha value is -1.36. The smallest absolute Gasteiger partial charge is 0.339 e. The summed E-state index contributed by atoms with van der Waals surface area (Å²) in [6.07, 6.45) is 3.79. The number of carbonyl (C=O) groups is 1. The van der Waals surface area contributed by atoms with Crippen molar-refractivity contribution < 1.29 is 14.6 Å². The molecule has 0 aromatic rings. The van der Waals surface area contributed by atoms with Crippen molar-refractivity contribution in [3.63, 3.8) is 0 Å². The van der Waals surface area contributed by atoms with E-state index in [4.69, 9.17) is 15.6 Å². The lowest BCUT2D eigenvalue weighted by Crippen LogP contribution is -2.20. The van der Waals surface area contributed by atoms with Gasteiger partial charge < -0.3 is 15.6 Å². The van der Waals surface area contributed by atoms with E-state index in [-0.39, 0.29) is 5.57 Å². The monoisotopic (exact) mass is 226 g/mol. The summed E-state index contributed by atoms with van der Waals surface area (Å²) >= 11 is 0. The lowest BCUT2D eigenvalue weighted by atomic mass is 9.93. The fraction of sp³-hybridized carbons (Fsp3) is 0.636. The Morgan fingerprint density at radius 1 is 1.56 bits per heavy atom. The summed E-state index contributed by atoms with van der Waals surface area (Å²) in [7, 11) is 1.53. The van der Waals surface area contributed by atoms with Gasteiger partial charge in [-0.2, -0.15) is 0 Å². The number of allylic oxidation sites excluding steroid dienone is 1. The Kier molecular flexibility index (Phi) is 4.98. The zero-order chi connectivity index (χ0) is 12.0. The van der Waals surface area contributed by atoms with E-state index in [2.05, 4.69) is 4.99 Å². The standard InChI is InChI=1S/C11H18N2O3/c1-13-7-9(11(14)15)10(12)6-8-2-4-16-5-3-8/h7-8H,2-6,12H2,1H3,(H,14,15). The van der Waals surface area contributed by atoms with Crippen molar-refractivity contribution in [1.82, 2.24) is 0 Å². The molecule has 0 aromatic heterocycles. The van der Waals surface area contributed by atoms with Crippen LogP contribution in [0, 0.1) is 5.92 Å². The molecule has 1 heterocycles. The molecule has 1 fully saturated rings. The van der Waals surface area contributed by atoms with Gasteiger partial charge in [-0.05, 0) is 25.2 Å². The van der Waals surface area contributed by atoms with E-state index in [1.165, 1.54) is 13.3 Å². The van der Waals surface area contributed by atoms with Crippen LogP contribution in [0.25, 0.3) is 0 Å². The molecule has 1 aliphatic heterocycles. The number of nitrogens with zero attached hydrogens (tertiary/aromatic N) is 1. The molecule has 16 heavy (non-hydrogen) atoms. The zero-order valence-corrected chi connectivity index (χ0v) is 9.48. The Labute approximate surface area is 95.0 Å². The molecule has 0 aliphatic carbocycles. The molecule has 1 aliphatic rings. The minimum absolute atomic E-state index is 0.106. The van der Waals surface area contributed by atoms with Gasteiger partial charge >= 0.3 is 5.97 Å². The van der Waals surface area contributed by atoms with Crippen molar-refractivity contribution in [2.45, 2.75) is 19.3 Å². The molecule has 90 valence electrons. The summed E-state index contributed by atoms with van der Waals surface area (Å²) in [5.74, 6) is -0.594. The van der Waals surface area contributed by atoms with Crippen molar-refractivity contribution >= 4 is 12.2 Å². The number of aliphatic imine (C=N–C) groups is 1. The second-order valence-corrected chi connectivity index (χ2v) is 3.89. The van der Waals surface area contributed by atoms with Gasteiger partial charge in [0.2, 0.25) is 0 Å². The number of nitrogens with two attached hydrogens (primary N) is 1. The molecule has 0 saturated carbocycles. The van der Waals surface area contributed by atoms with E-state index < -0.39 is 5.97 Å². The molecule has 1 rings (SSSR count). The number of hydrogen-bond acceptors (Lipinski definition) is 4. The van der Waals surface area contributed by atoms with Gasteiger partial charge in [0.05, 0.1) is 5.57 Å². The number of hydrogen-bond donors (Lipinski definition) is 2. The van der Waals surface area contributed by atoms with Crippen LogP contribution in [0.3, 0.4) is 0 Å². The maximum atomic E-state index is 10.9. The van der Waals surface area contributed by atoms with Gasteiger partial charge in [-0.25, -0.2) is 4.79 Å². The Morgan fingerprint density at radius 2 is 2.19 bits per heavy atom. The van der Waals surface area contributed by atoms with Gasteiger partial charge in [-0.3, -0.25) is 4.99 Å². The first-order chi connectivity index (χ1) is 7.65. The molecular formula is C11H18N2O3. The van der Waals surface area contributed by atoms with Crippen LogP contribution in [0.2, 0.25) is 0 Å². The van der Waals surface area contributed by atoms with Crippen LogP contribution in [-0.4, -0.2) is 37.6 Å². The summed E-state index contributed by atoms with van der Waals surface area (Å²) in [6.45, 7) is 1.48. The maximum absolute atomic E-state index is 10.9. The molecule has 0 spiro atoms. The molecule has 3 N–H and O–H groups in total. The molecular weight excluding hydrogens is 208 g/mol. The SMILES string of the molecule is CN=CC(C(=O)O)=C(N)CC1CCOCC1. The first-order valence-electron chi connectivity index (χ1n) is 5.37. The zero-order valence-electron chi connectivity index (χ0n) is 9.48. The second kappa shape index (κ2) is 6.27. The average Bonchev–Trinajstić information content (AvgIpc) is 2.26. The summed E-state index contributed by atoms with van der Waals surface area (Å²) in [5.41, 5.74) is 6.32. The minimum atomic E-state index is -1.02. The third-order valence-electron chi connectivity index (χ3n) is 2.68. The predicted molar refractivity (Wildman–Crippen MR) is 61.4 cm³/mol. The topological polar surface area (TPSA) is 84.9 Å². The molecule has 0 amide bonds. The van der Waals surface area contributed by atoms with Gasteiger partial charge in [0.1, 0.15) is 0 Å². The van der Waals surface area contributed by atoms with Gasteiger partial charge in [0, 0.05) is 32.2 Å². The fourth-order valence-electron chi connectivity index (χ4n) is 1.78. The van der Waals surface area contributed by atoms with E-state index >= 15 is 0 Å². The number of rotatable bonds is 4. The van der Waals surface area contributed by atoms with E-state index in [0.717, 1.165) is 26.1 Å². The van der Waals surface area contributed by atoms with Crippen molar-refractivity contribution in [2.75, 3.05) is 20.3 Å². The highest BCUT2D eigenvalue weighted by Crippen LogP contribution is 2.21. The first kappa shape index (κ1) is 12.7. The number of ether oxygens (including phenoxy) is 1. The minimum Gasteiger partial charge on any atom is -0.478 e.